The number of hydrogen-bond acceptors (Lipinski definition) is 4. The van der Waals surface area contributed by atoms with Gasteiger partial charge in [0.15, 0.2) is 0 Å². The van der Waals surface area contributed by atoms with Crippen LogP contribution in [0.5, 0.6) is 5.88 Å². The van der Waals surface area contributed by atoms with E-state index in [4.69, 9.17) is 4.74 Å². The number of rotatable bonds is 6. The molecule has 0 aliphatic heterocycles. The van der Waals surface area contributed by atoms with Crippen LogP contribution in [0, 0.1) is 5.92 Å². The van der Waals surface area contributed by atoms with Gasteiger partial charge in [-0.3, -0.25) is 9.59 Å². The van der Waals surface area contributed by atoms with Gasteiger partial charge >= 0.3 is 0 Å². The van der Waals surface area contributed by atoms with Crippen LogP contribution in [0.15, 0.2) is 41.3 Å². The number of carbonyl (C=O) groups is 1. The van der Waals surface area contributed by atoms with E-state index in [0.29, 0.717) is 23.3 Å². The van der Waals surface area contributed by atoms with Gasteiger partial charge in [0.05, 0.1) is 12.7 Å². The third-order valence-corrected chi connectivity index (χ3v) is 5.95. The highest BCUT2D eigenvalue weighted by atomic mass is 16.5. The van der Waals surface area contributed by atoms with Crippen molar-refractivity contribution in [3.05, 3.63) is 58.1 Å². The molecule has 6 heteroatoms. The van der Waals surface area contributed by atoms with Gasteiger partial charge in [-0.15, -0.1) is 0 Å². The largest absolute Gasteiger partial charge is 0.481 e. The maximum atomic E-state index is 12.6. The molecule has 0 spiro atoms. The first-order valence-electron chi connectivity index (χ1n) is 10.00. The topological polar surface area (TPSA) is 73.2 Å². The fraction of sp³-hybridized carbons (Fsp3) is 0.500. The summed E-state index contributed by atoms with van der Waals surface area (Å²) < 4.78 is 6.81. The Labute approximate surface area is 165 Å². The second kappa shape index (κ2) is 9.04. The molecule has 6 nitrogen and oxygen atoms in total. The van der Waals surface area contributed by atoms with Crippen LogP contribution < -0.4 is 15.6 Å². The molecule has 2 aromatic rings. The van der Waals surface area contributed by atoms with Gasteiger partial charge in [-0.2, -0.15) is 0 Å². The summed E-state index contributed by atoms with van der Waals surface area (Å²) in [6.45, 7) is 2.12. The second-order valence-corrected chi connectivity index (χ2v) is 7.54. The number of hydrogen-bond donors (Lipinski definition) is 1. The number of aromatic nitrogens is 2. The molecule has 28 heavy (non-hydrogen) atoms. The van der Waals surface area contributed by atoms with E-state index in [1.807, 2.05) is 13.1 Å². The number of carbonyl (C=O) groups excluding carboxylic acids is 1. The zero-order valence-corrected chi connectivity index (χ0v) is 16.9. The smallest absolute Gasteiger partial charge is 0.253 e. The lowest BCUT2D eigenvalue weighted by atomic mass is 9.76. The van der Waals surface area contributed by atoms with Crippen molar-refractivity contribution in [3.8, 4) is 5.88 Å². The molecule has 1 saturated carbocycles. The van der Waals surface area contributed by atoms with Gasteiger partial charge in [0.1, 0.15) is 0 Å². The summed E-state index contributed by atoms with van der Waals surface area (Å²) in [5.74, 6) is 1.28. The summed E-state index contributed by atoms with van der Waals surface area (Å²) in [6.07, 6.45) is 6.62. The molecular formula is C22H29N3O3. The number of methoxy groups -OCH3 is 1. The molecule has 1 fully saturated rings. The molecule has 150 valence electrons. The van der Waals surface area contributed by atoms with Crippen molar-refractivity contribution in [2.75, 3.05) is 7.11 Å². The Balaban J connectivity index is 1.60. The summed E-state index contributed by atoms with van der Waals surface area (Å²) in [7, 11) is 3.40. The van der Waals surface area contributed by atoms with Gasteiger partial charge in [0.2, 0.25) is 11.4 Å². The summed E-state index contributed by atoms with van der Waals surface area (Å²) in [5.41, 5.74) is 1.71. The van der Waals surface area contributed by atoms with Crippen molar-refractivity contribution in [1.82, 2.24) is 14.9 Å². The van der Waals surface area contributed by atoms with E-state index < -0.39 is 0 Å². The standard InChI is InChI=1S/C22H29N3O3/c1-4-18(24-22(27)17-12-13-20(28-3)23-14-17)15-8-10-16(11-9-15)19-6-5-7-21(26)25(19)2/h5-7,12-16,18H,4,8-11H2,1-3H3,(H,24,27)/t15-,16-,18-/m1/s1. The molecule has 2 aromatic heterocycles. The van der Waals surface area contributed by atoms with E-state index in [1.54, 1.807) is 36.1 Å². The third kappa shape index (κ3) is 4.43. The first-order chi connectivity index (χ1) is 13.5. The van der Waals surface area contributed by atoms with Gasteiger partial charge in [0, 0.05) is 37.1 Å². The Bertz CT molecular complexity index is 852. The molecule has 1 aliphatic rings. The Morgan fingerprint density at radius 1 is 1.25 bits per heavy atom. The molecule has 1 N–H and O–H groups in total. The van der Waals surface area contributed by atoms with E-state index in [1.165, 1.54) is 0 Å². The average molecular weight is 383 g/mol. The summed E-state index contributed by atoms with van der Waals surface area (Å²) in [4.78, 5) is 28.6. The molecule has 3 rings (SSSR count). The van der Waals surface area contributed by atoms with E-state index in [2.05, 4.69) is 23.3 Å². The molecule has 2 heterocycles. The molecule has 0 saturated heterocycles. The van der Waals surface area contributed by atoms with Crippen LogP contribution in [-0.4, -0.2) is 28.6 Å². The number of nitrogens with one attached hydrogen (secondary N) is 1. The van der Waals surface area contributed by atoms with Crippen LogP contribution in [0.25, 0.3) is 0 Å². The van der Waals surface area contributed by atoms with Gasteiger partial charge in [-0.05, 0) is 56.1 Å². The highest BCUT2D eigenvalue weighted by Crippen LogP contribution is 2.37. The molecule has 0 radical (unpaired) electrons. The van der Waals surface area contributed by atoms with Crippen LogP contribution >= 0.6 is 0 Å². The SMILES string of the molecule is CC[C@@H](NC(=O)c1ccc(OC)nc1)[C@H]1CC[C@H](c2cccc(=O)n2C)CC1. The maximum absolute atomic E-state index is 12.6. The van der Waals surface area contributed by atoms with Gasteiger partial charge in [-0.1, -0.05) is 13.0 Å². The number of ether oxygens (including phenoxy) is 1. The summed E-state index contributed by atoms with van der Waals surface area (Å²) in [5, 5.41) is 3.19. The van der Waals surface area contributed by atoms with Crippen molar-refractivity contribution in [2.45, 2.75) is 51.0 Å². The lowest BCUT2D eigenvalue weighted by Gasteiger charge is -2.34. The highest BCUT2D eigenvalue weighted by Gasteiger charge is 2.29. The molecule has 1 atom stereocenters. The predicted octanol–water partition coefficient (Wildman–Crippen LogP) is 3.27. The second-order valence-electron chi connectivity index (χ2n) is 7.54. The first-order valence-corrected chi connectivity index (χ1v) is 10.00. The zero-order chi connectivity index (χ0) is 20.1. The lowest BCUT2D eigenvalue weighted by molar-refractivity contribution is 0.0908. The predicted molar refractivity (Wildman–Crippen MR) is 109 cm³/mol. The minimum absolute atomic E-state index is 0.0476. The minimum atomic E-state index is -0.0883. The first kappa shape index (κ1) is 20.1. The van der Waals surface area contributed by atoms with Crippen LogP contribution in [0.2, 0.25) is 0 Å². The van der Waals surface area contributed by atoms with Gasteiger partial charge < -0.3 is 14.6 Å². The fourth-order valence-electron chi connectivity index (χ4n) is 4.25. The number of amides is 1. The molecule has 1 amide bonds. The molecule has 0 bridgehead atoms. The number of pyridine rings is 2. The van der Waals surface area contributed by atoms with Crippen LogP contribution in [0.3, 0.4) is 0 Å². The van der Waals surface area contributed by atoms with E-state index in [-0.39, 0.29) is 17.5 Å². The highest BCUT2D eigenvalue weighted by molar-refractivity contribution is 5.94. The lowest BCUT2D eigenvalue weighted by Crippen LogP contribution is -2.41. The Hall–Kier alpha value is -2.63. The number of nitrogens with zero attached hydrogens (tertiary/aromatic N) is 2. The van der Waals surface area contributed by atoms with Crippen molar-refractivity contribution in [3.63, 3.8) is 0 Å². The van der Waals surface area contributed by atoms with E-state index in [0.717, 1.165) is 37.8 Å². The Morgan fingerprint density at radius 3 is 2.61 bits per heavy atom. The van der Waals surface area contributed by atoms with Crippen LogP contribution in [0.4, 0.5) is 0 Å². The van der Waals surface area contributed by atoms with Crippen molar-refractivity contribution in [1.29, 1.82) is 0 Å². The van der Waals surface area contributed by atoms with Crippen LogP contribution in [-0.2, 0) is 7.05 Å². The maximum Gasteiger partial charge on any atom is 0.253 e. The Kier molecular flexibility index (Phi) is 6.49. The van der Waals surface area contributed by atoms with E-state index in [9.17, 15) is 9.59 Å². The Morgan fingerprint density at radius 2 is 2.00 bits per heavy atom. The zero-order valence-electron chi connectivity index (χ0n) is 16.9. The summed E-state index contributed by atoms with van der Waals surface area (Å²) in [6, 6.07) is 9.09. The van der Waals surface area contributed by atoms with Crippen molar-refractivity contribution < 1.29 is 9.53 Å². The molecule has 0 aromatic carbocycles. The quantitative estimate of drug-likeness (QED) is 0.831. The van der Waals surface area contributed by atoms with Crippen molar-refractivity contribution in [2.24, 2.45) is 13.0 Å². The van der Waals surface area contributed by atoms with E-state index >= 15 is 0 Å². The van der Waals surface area contributed by atoms with Crippen molar-refractivity contribution >= 4 is 5.91 Å². The molecule has 1 aliphatic carbocycles. The molecular weight excluding hydrogens is 354 g/mol. The van der Waals surface area contributed by atoms with Gasteiger partial charge in [0.25, 0.3) is 5.91 Å². The normalized spacial score (nSPS) is 20.4. The van der Waals surface area contributed by atoms with Crippen LogP contribution in [0.1, 0.15) is 61.0 Å². The molecule has 0 unspecified atom stereocenters. The minimum Gasteiger partial charge on any atom is -0.481 e. The third-order valence-electron chi connectivity index (χ3n) is 5.95. The monoisotopic (exact) mass is 383 g/mol. The fourth-order valence-corrected chi connectivity index (χ4v) is 4.25. The summed E-state index contributed by atoms with van der Waals surface area (Å²) >= 11 is 0. The van der Waals surface area contributed by atoms with Gasteiger partial charge in [-0.25, -0.2) is 4.98 Å². The average Bonchev–Trinajstić information content (AvgIpc) is 2.74.